The number of nitro groups is 1. The number of carbonyl (C=O) groups excluding carboxylic acids is 1. The number of likely N-dealkylation sites (N-methyl/N-ethyl adjacent to an activating group) is 1. The normalized spacial score (nSPS) is 11.3. The number of hydrogen-bond acceptors (Lipinski definition) is 4. The van der Waals surface area contributed by atoms with E-state index in [0.29, 0.717) is 17.7 Å². The summed E-state index contributed by atoms with van der Waals surface area (Å²) in [5.74, 6) is -0.305. The molecule has 0 radical (unpaired) electrons. The Morgan fingerprint density at radius 2 is 2.11 bits per heavy atom. The minimum absolute atomic E-state index is 0. The molecule has 0 bridgehead atoms. The zero-order chi connectivity index (χ0) is 13.7. The summed E-state index contributed by atoms with van der Waals surface area (Å²) >= 11 is 0. The van der Waals surface area contributed by atoms with Crippen LogP contribution >= 0.6 is 12.4 Å². The molecule has 106 valence electrons. The van der Waals surface area contributed by atoms with Gasteiger partial charge in [0.25, 0.3) is 11.6 Å². The quantitative estimate of drug-likeness (QED) is 0.637. The highest BCUT2D eigenvalue weighted by Crippen LogP contribution is 2.19. The molecule has 0 aliphatic heterocycles. The second kappa shape index (κ2) is 7.70. The van der Waals surface area contributed by atoms with E-state index in [2.05, 4.69) is 10.6 Å². The molecule has 7 heteroatoms. The smallest absolute Gasteiger partial charge is 0.273 e. The van der Waals surface area contributed by atoms with Crippen molar-refractivity contribution in [2.45, 2.75) is 19.9 Å². The molecular weight excluding hydrogens is 270 g/mol. The molecule has 0 heterocycles. The number of nitro benzene ring substituents is 1. The van der Waals surface area contributed by atoms with E-state index >= 15 is 0 Å². The molecule has 1 amide bonds. The summed E-state index contributed by atoms with van der Waals surface area (Å²) in [5.41, 5.74) is 0.806. The van der Waals surface area contributed by atoms with Crippen LogP contribution in [0.1, 0.15) is 22.8 Å². The maximum Gasteiger partial charge on any atom is 0.273 e. The largest absolute Gasteiger partial charge is 0.350 e. The predicted octanol–water partition coefficient (Wildman–Crippen LogP) is 1.66. The Balaban J connectivity index is 0.00000324. The summed E-state index contributed by atoms with van der Waals surface area (Å²) in [6.07, 6.45) is 0. The molecule has 0 aliphatic rings. The molecule has 0 fully saturated rings. The first-order chi connectivity index (χ1) is 8.45. The van der Waals surface area contributed by atoms with Crippen LogP contribution in [0.4, 0.5) is 5.69 Å². The molecular formula is C12H18ClN3O3. The first-order valence-corrected chi connectivity index (χ1v) is 5.66. The van der Waals surface area contributed by atoms with Gasteiger partial charge in [-0.1, -0.05) is 6.07 Å². The fourth-order valence-electron chi connectivity index (χ4n) is 1.40. The number of amides is 1. The number of hydrogen-bond donors (Lipinski definition) is 2. The van der Waals surface area contributed by atoms with E-state index in [1.54, 1.807) is 26.1 Å². The van der Waals surface area contributed by atoms with Crippen molar-refractivity contribution in [3.05, 3.63) is 39.4 Å². The van der Waals surface area contributed by atoms with Gasteiger partial charge in [-0.2, -0.15) is 0 Å². The van der Waals surface area contributed by atoms with Crippen molar-refractivity contribution in [1.29, 1.82) is 0 Å². The van der Waals surface area contributed by atoms with Crippen molar-refractivity contribution < 1.29 is 9.72 Å². The molecule has 0 saturated carbocycles. The van der Waals surface area contributed by atoms with E-state index in [9.17, 15) is 14.9 Å². The Hall–Kier alpha value is -1.66. The number of nitrogens with zero attached hydrogens (tertiary/aromatic N) is 1. The van der Waals surface area contributed by atoms with Gasteiger partial charge >= 0.3 is 0 Å². The van der Waals surface area contributed by atoms with Crippen molar-refractivity contribution in [3.63, 3.8) is 0 Å². The summed E-state index contributed by atoms with van der Waals surface area (Å²) < 4.78 is 0. The number of rotatable bonds is 5. The molecule has 6 nitrogen and oxygen atoms in total. The average molecular weight is 288 g/mol. The van der Waals surface area contributed by atoms with Crippen LogP contribution in [0.2, 0.25) is 0 Å². The van der Waals surface area contributed by atoms with Crippen molar-refractivity contribution >= 4 is 24.0 Å². The molecule has 2 N–H and O–H groups in total. The van der Waals surface area contributed by atoms with Crippen LogP contribution in [0.25, 0.3) is 0 Å². The van der Waals surface area contributed by atoms with Gasteiger partial charge in [0.1, 0.15) is 0 Å². The van der Waals surface area contributed by atoms with Gasteiger partial charge in [0.2, 0.25) is 0 Å². The van der Waals surface area contributed by atoms with Gasteiger partial charge in [-0.05, 0) is 27.0 Å². The monoisotopic (exact) mass is 287 g/mol. The SMILES string of the molecule is CNC(C)CNC(=O)c1ccc(C)c([N+](=O)[O-])c1.Cl. The minimum Gasteiger partial charge on any atom is -0.350 e. The van der Waals surface area contributed by atoms with Crippen molar-refractivity contribution in [2.24, 2.45) is 0 Å². The van der Waals surface area contributed by atoms with Gasteiger partial charge in [0.15, 0.2) is 0 Å². The number of benzene rings is 1. The van der Waals surface area contributed by atoms with Crippen LogP contribution in [-0.2, 0) is 0 Å². The van der Waals surface area contributed by atoms with Crippen molar-refractivity contribution in [3.8, 4) is 0 Å². The maximum atomic E-state index is 11.8. The Bertz CT molecular complexity index is 466. The molecule has 0 spiro atoms. The lowest BCUT2D eigenvalue weighted by Gasteiger charge is -2.11. The van der Waals surface area contributed by atoms with Crippen LogP contribution in [0.15, 0.2) is 18.2 Å². The van der Waals surface area contributed by atoms with E-state index in [4.69, 9.17) is 0 Å². The first kappa shape index (κ1) is 17.3. The van der Waals surface area contributed by atoms with E-state index in [-0.39, 0.29) is 30.0 Å². The number of halogens is 1. The van der Waals surface area contributed by atoms with Crippen LogP contribution < -0.4 is 10.6 Å². The van der Waals surface area contributed by atoms with Crippen LogP contribution in [0, 0.1) is 17.0 Å². The van der Waals surface area contributed by atoms with Gasteiger partial charge in [0.05, 0.1) is 4.92 Å². The Labute approximate surface area is 118 Å². The Kier molecular flexibility index (Phi) is 7.03. The summed E-state index contributed by atoms with van der Waals surface area (Å²) in [6.45, 7) is 4.04. The minimum atomic E-state index is -0.484. The summed E-state index contributed by atoms with van der Waals surface area (Å²) in [4.78, 5) is 22.1. The zero-order valence-electron chi connectivity index (χ0n) is 11.1. The Morgan fingerprint density at radius 1 is 1.47 bits per heavy atom. The van der Waals surface area contributed by atoms with Gasteiger partial charge < -0.3 is 10.6 Å². The van der Waals surface area contributed by atoms with Gasteiger partial charge in [-0.25, -0.2) is 0 Å². The highest BCUT2D eigenvalue weighted by molar-refractivity contribution is 5.95. The van der Waals surface area contributed by atoms with Crippen LogP contribution in [-0.4, -0.2) is 30.5 Å². The van der Waals surface area contributed by atoms with Gasteiger partial charge in [-0.3, -0.25) is 14.9 Å². The van der Waals surface area contributed by atoms with E-state index < -0.39 is 4.92 Å². The molecule has 0 aliphatic carbocycles. The van der Waals surface area contributed by atoms with Gasteiger partial charge in [-0.15, -0.1) is 12.4 Å². The summed E-state index contributed by atoms with van der Waals surface area (Å²) in [5, 5.41) is 16.5. The highest BCUT2D eigenvalue weighted by Gasteiger charge is 2.14. The predicted molar refractivity (Wildman–Crippen MR) is 75.9 cm³/mol. The lowest BCUT2D eigenvalue weighted by molar-refractivity contribution is -0.385. The molecule has 1 rings (SSSR count). The van der Waals surface area contributed by atoms with Crippen LogP contribution in [0.5, 0.6) is 0 Å². The number of aryl methyl sites for hydroxylation is 1. The van der Waals surface area contributed by atoms with Gasteiger partial charge in [0, 0.05) is 29.8 Å². The lowest BCUT2D eigenvalue weighted by Crippen LogP contribution is -2.37. The molecule has 0 saturated heterocycles. The fourth-order valence-corrected chi connectivity index (χ4v) is 1.40. The molecule has 19 heavy (non-hydrogen) atoms. The first-order valence-electron chi connectivity index (χ1n) is 5.66. The highest BCUT2D eigenvalue weighted by atomic mass is 35.5. The number of carbonyl (C=O) groups is 1. The number of nitrogens with one attached hydrogen (secondary N) is 2. The van der Waals surface area contributed by atoms with E-state index in [1.807, 2.05) is 6.92 Å². The summed E-state index contributed by atoms with van der Waals surface area (Å²) in [6, 6.07) is 4.61. The molecule has 1 aromatic carbocycles. The third-order valence-electron chi connectivity index (χ3n) is 2.73. The second-order valence-electron chi connectivity index (χ2n) is 4.16. The van der Waals surface area contributed by atoms with Crippen LogP contribution in [0.3, 0.4) is 0 Å². The Morgan fingerprint density at radius 3 is 2.63 bits per heavy atom. The average Bonchev–Trinajstić information content (AvgIpc) is 2.35. The molecule has 1 unspecified atom stereocenters. The van der Waals surface area contributed by atoms with Crippen molar-refractivity contribution in [2.75, 3.05) is 13.6 Å². The third-order valence-corrected chi connectivity index (χ3v) is 2.73. The fraction of sp³-hybridized carbons (Fsp3) is 0.417. The zero-order valence-corrected chi connectivity index (χ0v) is 11.9. The molecule has 1 atom stereocenters. The maximum absolute atomic E-state index is 11.8. The van der Waals surface area contributed by atoms with E-state index in [0.717, 1.165) is 0 Å². The molecule has 0 aromatic heterocycles. The summed E-state index contributed by atoms with van der Waals surface area (Å²) in [7, 11) is 1.80. The second-order valence-corrected chi connectivity index (χ2v) is 4.16. The standard InChI is InChI=1S/C12H17N3O3.ClH/c1-8-4-5-10(6-11(8)15(17)18)12(16)14-7-9(2)13-3;/h4-6,9,13H,7H2,1-3H3,(H,14,16);1H. The van der Waals surface area contributed by atoms with Crippen molar-refractivity contribution in [1.82, 2.24) is 10.6 Å². The third kappa shape index (κ3) is 4.84. The lowest BCUT2D eigenvalue weighted by atomic mass is 10.1. The topological polar surface area (TPSA) is 84.3 Å². The molecule has 1 aromatic rings. The van der Waals surface area contributed by atoms with E-state index in [1.165, 1.54) is 6.07 Å².